The third-order valence-corrected chi connectivity index (χ3v) is 4.89. The minimum absolute atomic E-state index is 0.271. The van der Waals surface area contributed by atoms with Gasteiger partial charge in [0.2, 0.25) is 0 Å². The van der Waals surface area contributed by atoms with Crippen LogP contribution in [0.3, 0.4) is 0 Å². The largest absolute Gasteiger partial charge is 0.478 e. The van der Waals surface area contributed by atoms with E-state index in [1.54, 1.807) is 24.3 Å². The first-order chi connectivity index (χ1) is 12.2. The Morgan fingerprint density at radius 3 is 2.32 bits per heavy atom. The van der Waals surface area contributed by atoms with Gasteiger partial charge < -0.3 is 10.0 Å². The third kappa shape index (κ3) is 3.22. The second kappa shape index (κ2) is 6.59. The normalized spacial score (nSPS) is 15.9. The van der Waals surface area contributed by atoms with Crippen LogP contribution >= 0.6 is 0 Å². The lowest BCUT2D eigenvalue weighted by atomic mass is 9.90. The van der Waals surface area contributed by atoms with Crippen LogP contribution in [-0.2, 0) is 12.8 Å². The molecule has 0 unspecified atom stereocenters. The molecule has 128 valence electrons. The predicted molar refractivity (Wildman–Crippen MR) is 99.9 cm³/mol. The SMILES string of the molecule is O=C(O)c1ccc(N/N=C/c2cc3c4c(c2)CCCN4CCC3)cc1. The monoisotopic (exact) mass is 335 g/mol. The predicted octanol–water partition coefficient (Wildman–Crippen LogP) is 3.53. The number of hydrazone groups is 1. The van der Waals surface area contributed by atoms with Crippen LogP contribution in [0.4, 0.5) is 11.4 Å². The molecule has 2 aliphatic rings. The number of anilines is 2. The number of carbonyl (C=O) groups is 1. The van der Waals surface area contributed by atoms with Gasteiger partial charge in [-0.1, -0.05) is 0 Å². The van der Waals surface area contributed by atoms with Crippen molar-refractivity contribution in [1.29, 1.82) is 0 Å². The molecule has 0 aromatic heterocycles. The molecule has 0 saturated heterocycles. The molecule has 5 heteroatoms. The summed E-state index contributed by atoms with van der Waals surface area (Å²) in [5.41, 5.74) is 9.47. The van der Waals surface area contributed by atoms with Crippen molar-refractivity contribution in [3.05, 3.63) is 58.7 Å². The lowest BCUT2D eigenvalue weighted by Gasteiger charge is -2.37. The Balaban J connectivity index is 1.51. The van der Waals surface area contributed by atoms with Crippen LogP contribution in [0.2, 0.25) is 0 Å². The van der Waals surface area contributed by atoms with Crippen molar-refractivity contribution in [2.75, 3.05) is 23.4 Å². The summed E-state index contributed by atoms with van der Waals surface area (Å²) in [4.78, 5) is 13.4. The van der Waals surface area contributed by atoms with E-state index in [0.717, 1.165) is 24.1 Å². The van der Waals surface area contributed by atoms with Gasteiger partial charge >= 0.3 is 5.97 Å². The van der Waals surface area contributed by atoms with Gasteiger partial charge in [-0.2, -0.15) is 5.10 Å². The summed E-state index contributed by atoms with van der Waals surface area (Å²) in [6.45, 7) is 2.36. The molecule has 4 rings (SSSR count). The molecule has 0 amide bonds. The van der Waals surface area contributed by atoms with E-state index < -0.39 is 5.97 Å². The Morgan fingerprint density at radius 2 is 1.72 bits per heavy atom. The zero-order chi connectivity index (χ0) is 17.2. The number of hydrogen-bond donors (Lipinski definition) is 2. The molecule has 0 radical (unpaired) electrons. The van der Waals surface area contributed by atoms with Gasteiger partial charge in [-0.3, -0.25) is 5.43 Å². The van der Waals surface area contributed by atoms with Gasteiger partial charge in [-0.15, -0.1) is 0 Å². The van der Waals surface area contributed by atoms with Crippen molar-refractivity contribution < 1.29 is 9.90 Å². The molecule has 2 aromatic rings. The first-order valence-corrected chi connectivity index (χ1v) is 8.74. The van der Waals surface area contributed by atoms with E-state index in [9.17, 15) is 4.79 Å². The van der Waals surface area contributed by atoms with Gasteiger partial charge in [0, 0.05) is 18.8 Å². The fraction of sp³-hybridized carbons (Fsp3) is 0.300. The maximum atomic E-state index is 10.9. The Bertz CT molecular complexity index is 796. The highest BCUT2D eigenvalue weighted by Crippen LogP contribution is 2.35. The van der Waals surface area contributed by atoms with Gasteiger partial charge in [0.25, 0.3) is 0 Å². The maximum absolute atomic E-state index is 10.9. The zero-order valence-electron chi connectivity index (χ0n) is 14.0. The molecule has 2 aromatic carbocycles. The summed E-state index contributed by atoms with van der Waals surface area (Å²) < 4.78 is 0. The minimum Gasteiger partial charge on any atom is -0.478 e. The van der Waals surface area contributed by atoms with Crippen LogP contribution in [-0.4, -0.2) is 30.4 Å². The summed E-state index contributed by atoms with van der Waals surface area (Å²) in [5.74, 6) is -0.924. The number of aromatic carboxylic acids is 1. The summed E-state index contributed by atoms with van der Waals surface area (Å²) in [6, 6.07) is 11.1. The molecule has 2 aliphatic heterocycles. The second-order valence-corrected chi connectivity index (χ2v) is 6.63. The lowest BCUT2D eigenvalue weighted by molar-refractivity contribution is 0.0697. The molecular weight excluding hydrogens is 314 g/mol. The van der Waals surface area contributed by atoms with Crippen LogP contribution in [0, 0.1) is 0 Å². The smallest absolute Gasteiger partial charge is 0.335 e. The van der Waals surface area contributed by atoms with Crippen molar-refractivity contribution >= 4 is 23.6 Å². The Kier molecular flexibility index (Phi) is 4.14. The highest BCUT2D eigenvalue weighted by Gasteiger charge is 2.23. The molecule has 5 nitrogen and oxygen atoms in total. The van der Waals surface area contributed by atoms with Crippen LogP contribution in [0.5, 0.6) is 0 Å². The minimum atomic E-state index is -0.924. The third-order valence-electron chi connectivity index (χ3n) is 4.89. The van der Waals surface area contributed by atoms with Crippen LogP contribution in [0.25, 0.3) is 0 Å². The molecule has 0 atom stereocenters. The van der Waals surface area contributed by atoms with Crippen molar-refractivity contribution in [2.24, 2.45) is 5.10 Å². The number of benzene rings is 2. The molecule has 0 fully saturated rings. The molecule has 0 aliphatic carbocycles. The fourth-order valence-electron chi connectivity index (χ4n) is 3.77. The molecule has 25 heavy (non-hydrogen) atoms. The van der Waals surface area contributed by atoms with E-state index in [4.69, 9.17) is 5.11 Å². The summed E-state index contributed by atoms with van der Waals surface area (Å²) >= 11 is 0. The van der Waals surface area contributed by atoms with E-state index in [1.807, 2.05) is 6.21 Å². The lowest BCUT2D eigenvalue weighted by Crippen LogP contribution is -2.34. The fourth-order valence-corrected chi connectivity index (χ4v) is 3.77. The van der Waals surface area contributed by atoms with E-state index in [-0.39, 0.29) is 5.56 Å². The van der Waals surface area contributed by atoms with Crippen molar-refractivity contribution in [3.8, 4) is 0 Å². The molecule has 0 bridgehead atoms. The highest BCUT2D eigenvalue weighted by atomic mass is 16.4. The van der Waals surface area contributed by atoms with Crippen LogP contribution < -0.4 is 10.3 Å². The van der Waals surface area contributed by atoms with Crippen molar-refractivity contribution in [2.45, 2.75) is 25.7 Å². The molecule has 2 N–H and O–H groups in total. The van der Waals surface area contributed by atoms with Gasteiger partial charge in [0.05, 0.1) is 17.5 Å². The maximum Gasteiger partial charge on any atom is 0.335 e. The number of carboxylic acids is 1. The Hall–Kier alpha value is -2.82. The van der Waals surface area contributed by atoms with E-state index in [2.05, 4.69) is 27.6 Å². The Morgan fingerprint density at radius 1 is 1.08 bits per heavy atom. The summed E-state index contributed by atoms with van der Waals surface area (Å²) in [5, 5.41) is 13.2. The summed E-state index contributed by atoms with van der Waals surface area (Å²) in [6.07, 6.45) is 6.58. The first-order valence-electron chi connectivity index (χ1n) is 8.74. The van der Waals surface area contributed by atoms with Gasteiger partial charge in [-0.25, -0.2) is 4.79 Å². The number of aryl methyl sites for hydroxylation is 2. The van der Waals surface area contributed by atoms with E-state index in [0.29, 0.717) is 0 Å². The molecule has 0 saturated carbocycles. The van der Waals surface area contributed by atoms with Crippen molar-refractivity contribution in [3.63, 3.8) is 0 Å². The van der Waals surface area contributed by atoms with Crippen LogP contribution in [0.1, 0.15) is 39.9 Å². The zero-order valence-corrected chi connectivity index (χ0v) is 14.0. The van der Waals surface area contributed by atoms with Gasteiger partial charge in [-0.05, 0) is 78.8 Å². The number of hydrogen-bond acceptors (Lipinski definition) is 4. The number of nitrogens with one attached hydrogen (secondary N) is 1. The standard InChI is InChI=1S/C20H21N3O2/c24-20(25)15-5-7-18(8-6-15)22-21-13-14-11-16-3-1-9-23-10-2-4-17(12-14)19(16)23/h5-8,11-13,22H,1-4,9-10H2,(H,24,25)/b21-13+. The number of carboxylic acid groups (broad SMARTS) is 1. The molecule has 0 spiro atoms. The van der Waals surface area contributed by atoms with Crippen LogP contribution in [0.15, 0.2) is 41.5 Å². The topological polar surface area (TPSA) is 64.9 Å². The van der Waals surface area contributed by atoms with E-state index in [1.165, 1.54) is 42.7 Å². The van der Waals surface area contributed by atoms with Gasteiger partial charge in [0.1, 0.15) is 0 Å². The summed E-state index contributed by atoms with van der Waals surface area (Å²) in [7, 11) is 0. The second-order valence-electron chi connectivity index (χ2n) is 6.63. The number of nitrogens with zero attached hydrogens (tertiary/aromatic N) is 2. The average molecular weight is 335 g/mol. The van der Waals surface area contributed by atoms with Gasteiger partial charge in [0.15, 0.2) is 0 Å². The van der Waals surface area contributed by atoms with E-state index >= 15 is 0 Å². The Labute approximate surface area is 147 Å². The number of rotatable bonds is 4. The molecular formula is C20H21N3O2. The quantitative estimate of drug-likeness (QED) is 0.663. The highest BCUT2D eigenvalue weighted by molar-refractivity contribution is 5.88. The first kappa shape index (κ1) is 15.7. The molecule has 2 heterocycles. The van der Waals surface area contributed by atoms with Crippen molar-refractivity contribution in [1.82, 2.24) is 0 Å². The average Bonchev–Trinajstić information content (AvgIpc) is 2.63.